The fourth-order valence-electron chi connectivity index (χ4n) is 1.61. The normalized spacial score (nSPS) is 20.4. The van der Waals surface area contributed by atoms with Gasteiger partial charge in [0.25, 0.3) is 0 Å². The third-order valence-electron chi connectivity index (χ3n) is 2.40. The zero-order valence-corrected chi connectivity index (χ0v) is 9.25. The fourth-order valence-corrected chi connectivity index (χ4v) is 1.80. The first kappa shape index (κ1) is 11.0. The third-order valence-corrected chi connectivity index (χ3v) is 2.64. The molecule has 5 heteroatoms. The van der Waals surface area contributed by atoms with Crippen molar-refractivity contribution in [1.29, 1.82) is 0 Å². The van der Waals surface area contributed by atoms with E-state index in [0.29, 0.717) is 17.9 Å². The topological polar surface area (TPSA) is 58.2 Å². The number of imide groups is 1. The van der Waals surface area contributed by atoms with E-state index >= 15 is 0 Å². The monoisotopic (exact) mass is 238 g/mol. The predicted octanol–water partition coefficient (Wildman–Crippen LogP) is 1.56. The van der Waals surface area contributed by atoms with Crippen molar-refractivity contribution in [2.45, 2.75) is 18.9 Å². The zero-order valence-electron chi connectivity index (χ0n) is 8.50. The van der Waals surface area contributed by atoms with Crippen molar-refractivity contribution in [3.63, 3.8) is 0 Å². The lowest BCUT2D eigenvalue weighted by atomic mass is 10.1. The SMILES string of the molecule is O=C1CCC(Nc2cccc(Cl)c2)C(=O)N1. The molecule has 1 fully saturated rings. The van der Waals surface area contributed by atoms with Crippen LogP contribution in [0.5, 0.6) is 0 Å². The Balaban J connectivity index is 2.05. The number of piperidine rings is 1. The second-order valence-corrected chi connectivity index (χ2v) is 4.09. The Hall–Kier alpha value is -1.55. The smallest absolute Gasteiger partial charge is 0.249 e. The highest BCUT2D eigenvalue weighted by molar-refractivity contribution is 6.30. The molecular weight excluding hydrogens is 228 g/mol. The number of nitrogens with one attached hydrogen (secondary N) is 2. The van der Waals surface area contributed by atoms with E-state index in [1.165, 1.54) is 0 Å². The molecule has 1 heterocycles. The second-order valence-electron chi connectivity index (χ2n) is 3.66. The summed E-state index contributed by atoms with van der Waals surface area (Å²) in [5.41, 5.74) is 0.780. The molecule has 1 aromatic carbocycles. The zero-order chi connectivity index (χ0) is 11.5. The van der Waals surface area contributed by atoms with E-state index in [9.17, 15) is 9.59 Å². The third kappa shape index (κ3) is 2.52. The minimum Gasteiger partial charge on any atom is -0.374 e. The quantitative estimate of drug-likeness (QED) is 0.769. The molecule has 0 spiro atoms. The first-order valence-electron chi connectivity index (χ1n) is 5.01. The van der Waals surface area contributed by atoms with Crippen molar-refractivity contribution in [3.05, 3.63) is 29.3 Å². The van der Waals surface area contributed by atoms with Gasteiger partial charge < -0.3 is 5.32 Å². The van der Waals surface area contributed by atoms with Gasteiger partial charge in [-0.15, -0.1) is 0 Å². The van der Waals surface area contributed by atoms with Gasteiger partial charge in [0.05, 0.1) is 0 Å². The molecule has 4 nitrogen and oxygen atoms in total. The van der Waals surface area contributed by atoms with Crippen molar-refractivity contribution >= 4 is 29.1 Å². The summed E-state index contributed by atoms with van der Waals surface area (Å²) in [6, 6.07) is 6.77. The molecule has 1 aliphatic rings. The average Bonchev–Trinajstić information content (AvgIpc) is 2.22. The molecule has 2 N–H and O–H groups in total. The van der Waals surface area contributed by atoms with E-state index in [4.69, 9.17) is 11.6 Å². The number of hydrogen-bond acceptors (Lipinski definition) is 3. The van der Waals surface area contributed by atoms with Gasteiger partial charge in [0.1, 0.15) is 6.04 Å². The van der Waals surface area contributed by atoms with Crippen molar-refractivity contribution < 1.29 is 9.59 Å². The van der Waals surface area contributed by atoms with Gasteiger partial charge in [-0.2, -0.15) is 0 Å². The number of benzene rings is 1. The highest BCUT2D eigenvalue weighted by Gasteiger charge is 2.26. The van der Waals surface area contributed by atoms with Crippen LogP contribution in [0.1, 0.15) is 12.8 Å². The van der Waals surface area contributed by atoms with Gasteiger partial charge in [-0.3, -0.25) is 14.9 Å². The van der Waals surface area contributed by atoms with Crippen LogP contribution >= 0.6 is 11.6 Å². The highest BCUT2D eigenvalue weighted by Crippen LogP contribution is 2.17. The number of halogens is 1. The van der Waals surface area contributed by atoms with Gasteiger partial charge in [-0.05, 0) is 24.6 Å². The summed E-state index contributed by atoms with van der Waals surface area (Å²) in [5.74, 6) is -0.495. The summed E-state index contributed by atoms with van der Waals surface area (Å²) in [6.07, 6.45) is 0.876. The molecule has 2 rings (SSSR count). The lowest BCUT2D eigenvalue weighted by Crippen LogP contribution is -2.47. The van der Waals surface area contributed by atoms with Crippen LogP contribution < -0.4 is 10.6 Å². The second kappa shape index (κ2) is 4.53. The Morgan fingerprint density at radius 1 is 1.38 bits per heavy atom. The van der Waals surface area contributed by atoms with Crippen molar-refractivity contribution in [1.82, 2.24) is 5.32 Å². The summed E-state index contributed by atoms with van der Waals surface area (Å²) in [5, 5.41) is 5.94. The van der Waals surface area contributed by atoms with Crippen LogP contribution in [0.2, 0.25) is 5.02 Å². The van der Waals surface area contributed by atoms with Crippen molar-refractivity contribution in [2.75, 3.05) is 5.32 Å². The van der Waals surface area contributed by atoms with E-state index in [0.717, 1.165) is 5.69 Å². The van der Waals surface area contributed by atoms with E-state index in [2.05, 4.69) is 10.6 Å². The van der Waals surface area contributed by atoms with Crippen molar-refractivity contribution in [2.24, 2.45) is 0 Å². The Kier molecular flexibility index (Phi) is 3.10. The molecule has 1 unspecified atom stereocenters. The Bertz CT molecular complexity index is 434. The van der Waals surface area contributed by atoms with Gasteiger partial charge in [0.15, 0.2) is 0 Å². The van der Waals surface area contributed by atoms with Gasteiger partial charge in [-0.1, -0.05) is 17.7 Å². The molecule has 0 radical (unpaired) electrons. The molecule has 2 amide bonds. The van der Waals surface area contributed by atoms with Crippen LogP contribution in [0.4, 0.5) is 5.69 Å². The maximum absolute atomic E-state index is 11.5. The predicted molar refractivity (Wildman–Crippen MR) is 61.2 cm³/mol. The number of rotatable bonds is 2. The van der Waals surface area contributed by atoms with Gasteiger partial charge >= 0.3 is 0 Å². The molecule has 1 atom stereocenters. The van der Waals surface area contributed by atoms with E-state index in [1.54, 1.807) is 18.2 Å². The first-order chi connectivity index (χ1) is 7.65. The van der Waals surface area contributed by atoms with E-state index in [1.807, 2.05) is 6.07 Å². The Labute approximate surface area is 98.0 Å². The van der Waals surface area contributed by atoms with Crippen LogP contribution in [-0.4, -0.2) is 17.9 Å². The van der Waals surface area contributed by atoms with E-state index in [-0.39, 0.29) is 17.9 Å². The van der Waals surface area contributed by atoms with Crippen LogP contribution in [0.15, 0.2) is 24.3 Å². The lowest BCUT2D eigenvalue weighted by molar-refractivity contribution is -0.133. The minimum atomic E-state index is -0.365. The summed E-state index contributed by atoms with van der Waals surface area (Å²) < 4.78 is 0. The molecule has 1 aliphatic heterocycles. The summed E-state index contributed by atoms with van der Waals surface area (Å²) in [7, 11) is 0. The summed E-state index contributed by atoms with van der Waals surface area (Å²) >= 11 is 5.83. The summed E-state index contributed by atoms with van der Waals surface area (Å²) in [6.45, 7) is 0. The minimum absolute atomic E-state index is 0.214. The largest absolute Gasteiger partial charge is 0.374 e. The lowest BCUT2D eigenvalue weighted by Gasteiger charge is -2.22. The number of carbonyl (C=O) groups is 2. The van der Waals surface area contributed by atoms with Crippen LogP contribution in [0.25, 0.3) is 0 Å². The average molecular weight is 239 g/mol. The van der Waals surface area contributed by atoms with Gasteiger partial charge in [-0.25, -0.2) is 0 Å². The first-order valence-corrected chi connectivity index (χ1v) is 5.39. The number of carbonyl (C=O) groups excluding carboxylic acids is 2. The van der Waals surface area contributed by atoms with E-state index < -0.39 is 0 Å². The number of anilines is 1. The molecule has 16 heavy (non-hydrogen) atoms. The van der Waals surface area contributed by atoms with Crippen molar-refractivity contribution in [3.8, 4) is 0 Å². The maximum Gasteiger partial charge on any atom is 0.249 e. The molecule has 1 saturated heterocycles. The number of amides is 2. The highest BCUT2D eigenvalue weighted by atomic mass is 35.5. The molecule has 0 aliphatic carbocycles. The number of hydrogen-bond donors (Lipinski definition) is 2. The molecule has 0 saturated carbocycles. The molecular formula is C11H11ClN2O2. The molecule has 0 aromatic heterocycles. The van der Waals surface area contributed by atoms with Crippen LogP contribution in [0.3, 0.4) is 0 Å². The standard InChI is InChI=1S/C11H11ClN2O2/c12-7-2-1-3-8(6-7)13-9-4-5-10(15)14-11(9)16/h1-3,6,9,13H,4-5H2,(H,14,15,16). The molecule has 84 valence electrons. The maximum atomic E-state index is 11.5. The van der Waals surface area contributed by atoms with Gasteiger partial charge in [0.2, 0.25) is 11.8 Å². The fraction of sp³-hybridized carbons (Fsp3) is 0.273. The molecule has 0 bridgehead atoms. The van der Waals surface area contributed by atoms with Gasteiger partial charge in [0, 0.05) is 17.1 Å². The Morgan fingerprint density at radius 3 is 2.88 bits per heavy atom. The molecule has 1 aromatic rings. The Morgan fingerprint density at radius 2 is 2.19 bits per heavy atom. The van der Waals surface area contributed by atoms with Crippen LogP contribution in [0, 0.1) is 0 Å². The summed E-state index contributed by atoms with van der Waals surface area (Å²) in [4.78, 5) is 22.4. The van der Waals surface area contributed by atoms with Crippen LogP contribution in [-0.2, 0) is 9.59 Å².